The number of ether oxygens (including phenoxy) is 3. The van der Waals surface area contributed by atoms with Crippen LogP contribution in [0.2, 0.25) is 0 Å². The maximum Gasteiger partial charge on any atom is 0.231 e. The average molecular weight is 411 g/mol. The van der Waals surface area contributed by atoms with E-state index < -0.39 is 6.10 Å². The smallest absolute Gasteiger partial charge is 0.231 e. The number of benzene rings is 2. The first kappa shape index (κ1) is 19.7. The molecule has 2 heterocycles. The summed E-state index contributed by atoms with van der Waals surface area (Å²) in [5.41, 5.74) is 4.09. The van der Waals surface area contributed by atoms with Crippen LogP contribution < -0.4 is 14.2 Å². The molecule has 0 amide bonds. The molecule has 3 aliphatic rings. The summed E-state index contributed by atoms with van der Waals surface area (Å²) < 4.78 is 16.7. The number of aliphatic hydroxyl groups excluding tert-OH is 1. The fourth-order valence-electron chi connectivity index (χ4n) is 4.61. The van der Waals surface area contributed by atoms with E-state index in [-0.39, 0.29) is 0 Å². The van der Waals surface area contributed by atoms with Crippen molar-refractivity contribution in [3.63, 3.8) is 0 Å². The highest BCUT2D eigenvalue weighted by atomic mass is 16.7. The maximum absolute atomic E-state index is 10.4. The minimum absolute atomic E-state index is 0.315. The summed E-state index contributed by atoms with van der Waals surface area (Å²) in [5, 5.41) is 10.4. The zero-order valence-corrected chi connectivity index (χ0v) is 17.4. The Bertz CT molecular complexity index is 880. The lowest BCUT2D eigenvalue weighted by Gasteiger charge is -2.35. The van der Waals surface area contributed by atoms with Gasteiger partial charge in [0.15, 0.2) is 11.5 Å². The van der Waals surface area contributed by atoms with E-state index in [1.807, 2.05) is 12.1 Å². The molecule has 1 atom stereocenters. The topological polar surface area (TPSA) is 54.4 Å². The normalized spacial score (nSPS) is 19.6. The van der Waals surface area contributed by atoms with Gasteiger partial charge in [0.2, 0.25) is 6.79 Å². The van der Waals surface area contributed by atoms with Gasteiger partial charge >= 0.3 is 0 Å². The summed E-state index contributed by atoms with van der Waals surface area (Å²) in [6.45, 7) is 6.13. The molecule has 0 bridgehead atoms. The van der Waals surface area contributed by atoms with Gasteiger partial charge in [-0.05, 0) is 60.2 Å². The Hall–Kier alpha value is -2.28. The number of rotatable bonds is 7. The van der Waals surface area contributed by atoms with Crippen LogP contribution in [0.4, 0.5) is 0 Å². The van der Waals surface area contributed by atoms with Crippen molar-refractivity contribution in [3.8, 4) is 17.2 Å². The van der Waals surface area contributed by atoms with E-state index in [0.29, 0.717) is 19.9 Å². The van der Waals surface area contributed by atoms with E-state index in [4.69, 9.17) is 14.2 Å². The zero-order valence-electron chi connectivity index (χ0n) is 17.4. The number of hydrogen-bond donors (Lipinski definition) is 1. The molecule has 30 heavy (non-hydrogen) atoms. The molecule has 0 spiro atoms. The second-order valence-corrected chi connectivity index (χ2v) is 8.51. The number of piperazine rings is 1. The van der Waals surface area contributed by atoms with Crippen molar-refractivity contribution in [2.24, 2.45) is 0 Å². The monoisotopic (exact) mass is 410 g/mol. The van der Waals surface area contributed by atoms with Gasteiger partial charge in [-0.25, -0.2) is 0 Å². The van der Waals surface area contributed by atoms with E-state index in [1.165, 1.54) is 29.5 Å². The summed E-state index contributed by atoms with van der Waals surface area (Å²) in [4.78, 5) is 4.77. The Morgan fingerprint density at radius 1 is 0.900 bits per heavy atom. The zero-order chi connectivity index (χ0) is 20.3. The van der Waals surface area contributed by atoms with E-state index >= 15 is 0 Å². The number of aliphatic hydroxyl groups is 1. The lowest BCUT2D eigenvalue weighted by molar-refractivity contribution is 0.0446. The van der Waals surface area contributed by atoms with Crippen LogP contribution in [-0.2, 0) is 19.4 Å². The van der Waals surface area contributed by atoms with Gasteiger partial charge in [0.1, 0.15) is 18.5 Å². The van der Waals surface area contributed by atoms with Gasteiger partial charge in [-0.1, -0.05) is 12.1 Å². The lowest BCUT2D eigenvalue weighted by atomic mass is 10.1. The Labute approximate surface area is 178 Å². The molecule has 2 aromatic carbocycles. The largest absolute Gasteiger partial charge is 0.491 e. The Morgan fingerprint density at radius 2 is 1.70 bits per heavy atom. The van der Waals surface area contributed by atoms with E-state index in [2.05, 4.69) is 34.1 Å². The van der Waals surface area contributed by atoms with Crippen LogP contribution in [0.25, 0.3) is 0 Å². The molecule has 2 aliphatic heterocycles. The summed E-state index contributed by atoms with van der Waals surface area (Å²) in [7, 11) is 0. The second-order valence-electron chi connectivity index (χ2n) is 8.51. The number of β-amino-alcohol motifs (C(OH)–C–C–N with tert-alkyl or cyclic N) is 1. The third-order valence-corrected chi connectivity index (χ3v) is 6.29. The fraction of sp³-hybridized carbons (Fsp3) is 0.500. The fourth-order valence-corrected chi connectivity index (χ4v) is 4.61. The summed E-state index contributed by atoms with van der Waals surface area (Å²) in [6, 6.07) is 12.5. The molecule has 1 N–H and O–H groups in total. The van der Waals surface area contributed by atoms with E-state index in [0.717, 1.165) is 56.4 Å². The predicted octanol–water partition coefficient (Wildman–Crippen LogP) is 2.46. The van der Waals surface area contributed by atoms with Crippen molar-refractivity contribution in [1.29, 1.82) is 0 Å². The van der Waals surface area contributed by atoms with Crippen molar-refractivity contribution in [1.82, 2.24) is 9.80 Å². The first-order chi connectivity index (χ1) is 14.7. The van der Waals surface area contributed by atoms with Gasteiger partial charge in [0.05, 0.1) is 0 Å². The molecule has 1 saturated heterocycles. The quantitative estimate of drug-likeness (QED) is 0.757. The van der Waals surface area contributed by atoms with Crippen LogP contribution in [0, 0.1) is 0 Å². The first-order valence-electron chi connectivity index (χ1n) is 11.0. The van der Waals surface area contributed by atoms with Gasteiger partial charge in [0.25, 0.3) is 0 Å². The lowest BCUT2D eigenvalue weighted by Crippen LogP contribution is -2.48. The Balaban J connectivity index is 1.04. The van der Waals surface area contributed by atoms with Gasteiger partial charge in [-0.2, -0.15) is 0 Å². The predicted molar refractivity (Wildman–Crippen MR) is 114 cm³/mol. The summed E-state index contributed by atoms with van der Waals surface area (Å²) in [6.07, 6.45) is 3.09. The second kappa shape index (κ2) is 8.84. The molecule has 160 valence electrons. The first-order valence-corrected chi connectivity index (χ1v) is 11.0. The van der Waals surface area contributed by atoms with Crippen LogP contribution in [0.3, 0.4) is 0 Å². The molecular weight excluding hydrogens is 380 g/mol. The number of nitrogens with zero attached hydrogens (tertiary/aromatic N) is 2. The van der Waals surface area contributed by atoms with Gasteiger partial charge < -0.3 is 19.3 Å². The Morgan fingerprint density at radius 3 is 2.60 bits per heavy atom. The third kappa shape index (κ3) is 4.56. The molecule has 0 saturated carbocycles. The van der Waals surface area contributed by atoms with Crippen LogP contribution in [0.1, 0.15) is 23.1 Å². The molecule has 5 rings (SSSR count). The molecule has 6 heteroatoms. The molecule has 1 fully saturated rings. The van der Waals surface area contributed by atoms with Crippen LogP contribution in [-0.4, -0.2) is 67.1 Å². The van der Waals surface area contributed by atoms with Crippen molar-refractivity contribution in [2.75, 3.05) is 46.1 Å². The number of fused-ring (bicyclic) bond motifs is 2. The Kier molecular flexibility index (Phi) is 5.79. The van der Waals surface area contributed by atoms with Gasteiger partial charge in [-0.15, -0.1) is 0 Å². The third-order valence-electron chi connectivity index (χ3n) is 6.29. The summed E-state index contributed by atoms with van der Waals surface area (Å²) >= 11 is 0. The summed E-state index contributed by atoms with van der Waals surface area (Å²) in [5.74, 6) is 2.56. The van der Waals surface area contributed by atoms with Crippen molar-refractivity contribution >= 4 is 0 Å². The highest BCUT2D eigenvalue weighted by molar-refractivity contribution is 5.44. The maximum atomic E-state index is 10.4. The standard InChI is InChI=1S/C24H30N2O4/c27-21(16-28-22-6-5-19-2-1-3-20(19)13-22)15-26-10-8-25(9-11-26)14-18-4-7-23-24(12-18)30-17-29-23/h4-7,12-13,21,27H,1-3,8-11,14-17H2/t21-/m0/s1. The molecule has 0 unspecified atom stereocenters. The van der Waals surface area contributed by atoms with Crippen LogP contribution in [0.5, 0.6) is 17.2 Å². The number of hydrogen-bond acceptors (Lipinski definition) is 6. The van der Waals surface area contributed by atoms with Crippen LogP contribution >= 0.6 is 0 Å². The van der Waals surface area contributed by atoms with Gasteiger partial charge in [-0.3, -0.25) is 9.80 Å². The molecule has 0 aromatic heterocycles. The van der Waals surface area contributed by atoms with Crippen molar-refractivity contribution < 1.29 is 19.3 Å². The highest BCUT2D eigenvalue weighted by Gasteiger charge is 2.21. The van der Waals surface area contributed by atoms with Crippen molar-refractivity contribution in [2.45, 2.75) is 31.9 Å². The molecular formula is C24H30N2O4. The molecule has 0 radical (unpaired) electrons. The van der Waals surface area contributed by atoms with Gasteiger partial charge in [0, 0.05) is 39.3 Å². The van der Waals surface area contributed by atoms with E-state index in [9.17, 15) is 5.11 Å². The van der Waals surface area contributed by atoms with E-state index in [1.54, 1.807) is 0 Å². The van der Waals surface area contributed by atoms with Crippen LogP contribution in [0.15, 0.2) is 36.4 Å². The molecule has 2 aromatic rings. The molecule has 6 nitrogen and oxygen atoms in total. The average Bonchev–Trinajstić information content (AvgIpc) is 3.42. The van der Waals surface area contributed by atoms with Crippen molar-refractivity contribution in [3.05, 3.63) is 53.1 Å². The number of aryl methyl sites for hydroxylation is 2. The molecule has 1 aliphatic carbocycles. The minimum atomic E-state index is -0.473. The minimum Gasteiger partial charge on any atom is -0.491 e. The highest BCUT2D eigenvalue weighted by Crippen LogP contribution is 2.33. The SMILES string of the molecule is O[C@H](COc1ccc2c(c1)CCC2)CN1CCN(Cc2ccc3c(c2)OCO3)CC1.